The summed E-state index contributed by atoms with van der Waals surface area (Å²) in [5.41, 5.74) is 7.02. The Bertz CT molecular complexity index is 2510. The normalized spacial score (nSPS) is 11.9. The molecule has 3 heteroatoms. The van der Waals surface area contributed by atoms with E-state index in [2.05, 4.69) is 240 Å². The van der Waals surface area contributed by atoms with Gasteiger partial charge in [0, 0.05) is 0 Å². The topological polar surface area (TPSA) is 0 Å². The fourth-order valence-electron chi connectivity index (χ4n) is 7.79. The fourth-order valence-corrected chi connectivity index (χ4v) is 40.0. The number of rotatable bonds is 21. The van der Waals surface area contributed by atoms with Gasteiger partial charge in [0.1, 0.15) is 0 Å². The zero-order chi connectivity index (χ0) is 48.2. The molecule has 0 atom stereocenters. The maximum atomic E-state index is 3.92. The van der Waals surface area contributed by atoms with Gasteiger partial charge in [-0.2, -0.15) is 0 Å². The van der Waals surface area contributed by atoms with Crippen LogP contribution in [0.4, 0.5) is 0 Å². The minimum atomic E-state index is -3.07. The Labute approximate surface area is 436 Å². The van der Waals surface area contributed by atoms with E-state index in [9.17, 15) is 0 Å². The molecule has 0 spiro atoms. The minimum absolute atomic E-state index is 1.17. The van der Waals surface area contributed by atoms with Crippen LogP contribution in [0, 0.1) is 0 Å². The summed E-state index contributed by atoms with van der Waals surface area (Å²) < 4.78 is 13.2. The van der Waals surface area contributed by atoms with E-state index < -0.39 is 65.3 Å². The second-order valence-corrected chi connectivity index (χ2v) is 41.7. The number of allylic oxidation sites excluding steroid dienone is 12. The number of benzene rings is 7. The molecule has 0 saturated carbocycles. The summed E-state index contributed by atoms with van der Waals surface area (Å²) in [7, 11) is 0. The molecule has 0 heterocycles. The molecule has 7 aromatic carbocycles. The molecule has 0 N–H and O–H groups in total. The van der Waals surface area contributed by atoms with Gasteiger partial charge in [-0.25, -0.2) is 0 Å². The van der Waals surface area contributed by atoms with Crippen molar-refractivity contribution in [2.45, 2.75) is 0 Å². The van der Waals surface area contributed by atoms with Crippen molar-refractivity contribution in [2.24, 2.45) is 0 Å². The monoisotopic (exact) mass is 1480 g/mol. The molecule has 0 saturated heterocycles. The van der Waals surface area contributed by atoms with Crippen LogP contribution in [0.2, 0.25) is 0 Å². The second kappa shape index (κ2) is 26.7. The molecule has 0 aliphatic rings. The summed E-state index contributed by atoms with van der Waals surface area (Å²) in [6, 6.07) is 64.1. The zero-order valence-corrected chi connectivity index (χ0v) is 49.5. The molecule has 0 nitrogen and oxygen atoms in total. The van der Waals surface area contributed by atoms with Gasteiger partial charge in [-0.15, -0.1) is 0 Å². The summed E-state index contributed by atoms with van der Waals surface area (Å²) in [4.78, 5) is 0. The molecule has 0 aliphatic heterocycles. The predicted molar refractivity (Wildman–Crippen MR) is 314 cm³/mol. The molecule has 0 fully saturated rings. The number of hydrogen-bond acceptors (Lipinski definition) is 0. The Morgan fingerprint density at radius 3 is 0.478 bits per heavy atom. The van der Waals surface area contributed by atoms with E-state index in [0.717, 1.165) is 0 Å². The Kier molecular flexibility index (Phi) is 19.7. The zero-order valence-electron chi connectivity index (χ0n) is 39.1. The van der Waals surface area contributed by atoms with Gasteiger partial charge in [0.15, 0.2) is 0 Å². The van der Waals surface area contributed by atoms with Crippen molar-refractivity contribution in [1.82, 2.24) is 0 Å². The van der Waals surface area contributed by atoms with Crippen molar-refractivity contribution >= 4 is 131 Å². The van der Waals surface area contributed by atoms with Gasteiger partial charge >= 0.3 is 441 Å². The fraction of sp³-hybridized carbons (Fsp3) is 0. The molecular weight excluding hydrogens is 1420 g/mol. The van der Waals surface area contributed by atoms with E-state index in [1.54, 1.807) is 0 Å². The molecule has 7 aromatic rings. The molecule has 69 heavy (non-hydrogen) atoms. The van der Waals surface area contributed by atoms with Crippen LogP contribution < -0.4 is 29.4 Å². The summed E-state index contributed by atoms with van der Waals surface area (Å²) in [6.07, 6.45) is 35.9. The first-order chi connectivity index (χ1) is 33.9. The van der Waals surface area contributed by atoms with Crippen molar-refractivity contribution < 1.29 is 0 Å². The van der Waals surface area contributed by atoms with Crippen LogP contribution in [0.1, 0.15) is 33.4 Å². The van der Waals surface area contributed by atoms with Crippen LogP contribution in [-0.4, -0.2) is 65.3 Å². The van der Waals surface area contributed by atoms with E-state index in [0.29, 0.717) is 0 Å². The van der Waals surface area contributed by atoms with Gasteiger partial charge in [-0.3, -0.25) is 0 Å². The van der Waals surface area contributed by atoms with Crippen LogP contribution in [0.5, 0.6) is 0 Å². The van der Waals surface area contributed by atoms with Crippen molar-refractivity contribution in [1.29, 1.82) is 0 Å². The standard InChI is InChI=1S/6C10H9.C6H3.3Bi/c6*1-2-3-7-10-8-5-4-6-9-10;1-2-4-6-5-3-1;;;/h6*2-3,5-9H,1H2;1,4-5H;;;. The Morgan fingerprint density at radius 1 is 0.203 bits per heavy atom. The summed E-state index contributed by atoms with van der Waals surface area (Å²) >= 11 is -9.20. The van der Waals surface area contributed by atoms with Crippen LogP contribution in [0.15, 0.2) is 276 Å². The first-order valence-corrected chi connectivity index (χ1v) is 38.5. The van der Waals surface area contributed by atoms with Crippen LogP contribution in [-0.2, 0) is 0 Å². The molecule has 0 aliphatic carbocycles. The summed E-state index contributed by atoms with van der Waals surface area (Å²) in [6.45, 7) is 23.5. The van der Waals surface area contributed by atoms with E-state index in [-0.39, 0.29) is 0 Å². The third-order valence-electron chi connectivity index (χ3n) is 11.1. The molecule has 0 unspecified atom stereocenters. The first kappa shape index (κ1) is 50.9. The van der Waals surface area contributed by atoms with Gasteiger partial charge < -0.3 is 0 Å². The summed E-state index contributed by atoms with van der Waals surface area (Å²) in [5, 5.41) is 0. The summed E-state index contributed by atoms with van der Waals surface area (Å²) in [5.74, 6) is 0. The molecule has 0 bridgehead atoms. The van der Waals surface area contributed by atoms with Gasteiger partial charge in [0.2, 0.25) is 0 Å². The quantitative estimate of drug-likeness (QED) is 0.0497. The van der Waals surface area contributed by atoms with Crippen LogP contribution in [0.25, 0.3) is 36.5 Å². The van der Waals surface area contributed by atoms with E-state index in [4.69, 9.17) is 0 Å². The molecular formula is C66H57Bi3. The van der Waals surface area contributed by atoms with Gasteiger partial charge in [0.25, 0.3) is 0 Å². The van der Waals surface area contributed by atoms with Gasteiger partial charge in [-0.05, 0) is 0 Å². The molecule has 7 rings (SSSR count). The van der Waals surface area contributed by atoms with Crippen molar-refractivity contribution in [3.63, 3.8) is 0 Å². The van der Waals surface area contributed by atoms with Crippen molar-refractivity contribution in [3.05, 3.63) is 310 Å². The van der Waals surface area contributed by atoms with E-state index >= 15 is 0 Å². The van der Waals surface area contributed by atoms with Gasteiger partial charge in [0.05, 0.1) is 0 Å². The van der Waals surface area contributed by atoms with Gasteiger partial charge in [-0.1, -0.05) is 0 Å². The van der Waals surface area contributed by atoms with Crippen LogP contribution >= 0.6 is 0 Å². The molecule has 0 amide bonds. The van der Waals surface area contributed by atoms with E-state index in [1.165, 1.54) is 62.8 Å². The molecule has 336 valence electrons. The predicted octanol–water partition coefficient (Wildman–Crippen LogP) is 10.4. The Hall–Kier alpha value is -5.93. The van der Waals surface area contributed by atoms with E-state index in [1.807, 2.05) is 72.9 Å². The SMILES string of the molecule is C=CC=Cc1cc[c]([Bi]([c]2ccc(C=CC=C)cc2)[c]2c[c]([Bi]([c]3ccc(C=CC=C)cc3)[c]3ccc(C=CC=C)cc3)c[c]([Bi]([c]3ccc(C=CC=C)cc3)[c]3ccc(C=CC=C)cc3)c2)cc1. The first-order valence-electron chi connectivity index (χ1n) is 22.9. The molecule has 0 aromatic heterocycles. The Morgan fingerprint density at radius 2 is 0.348 bits per heavy atom. The third-order valence-corrected chi connectivity index (χ3v) is 39.2. The third kappa shape index (κ3) is 14.1. The van der Waals surface area contributed by atoms with Crippen molar-refractivity contribution in [2.75, 3.05) is 0 Å². The van der Waals surface area contributed by atoms with Crippen LogP contribution in [0.3, 0.4) is 0 Å². The second-order valence-electron chi connectivity index (χ2n) is 15.8. The number of hydrogen-bond donors (Lipinski definition) is 0. The van der Waals surface area contributed by atoms with Crippen molar-refractivity contribution in [3.8, 4) is 0 Å². The Balaban J connectivity index is 1.54. The molecule has 0 radical (unpaired) electrons. The average molecular weight is 1480 g/mol. The average Bonchev–Trinajstić information content (AvgIpc) is 3.39. The maximum absolute atomic E-state index is 3.92.